The molecule has 6 N–H and O–H groups in total. The number of nitrogen functional groups attached to an aromatic ring is 1. The van der Waals surface area contributed by atoms with Crippen LogP contribution >= 0.6 is 11.5 Å². The minimum atomic E-state index is -1.38. The van der Waals surface area contributed by atoms with E-state index in [-0.39, 0.29) is 34.3 Å². The van der Waals surface area contributed by atoms with Gasteiger partial charge in [-0.3, -0.25) is 24.1 Å². The number of ether oxygens (including phenoxy) is 3. The Hall–Kier alpha value is -5.11. The Kier molecular flexibility index (Phi) is 8.72. The second kappa shape index (κ2) is 12.4. The summed E-state index contributed by atoms with van der Waals surface area (Å²) in [5.74, 6) is -2.48. The number of nitrogens with one attached hydrogen (secondary N) is 2. The molecule has 0 saturated heterocycles. The molecule has 0 spiro atoms. The van der Waals surface area contributed by atoms with Crippen LogP contribution in [0.4, 0.5) is 11.4 Å². The summed E-state index contributed by atoms with van der Waals surface area (Å²) in [6, 6.07) is 10.5. The number of aromatic nitrogens is 2. The number of esters is 1. The van der Waals surface area contributed by atoms with E-state index < -0.39 is 36.3 Å². The zero-order valence-electron chi connectivity index (χ0n) is 22.4. The lowest BCUT2D eigenvalue weighted by atomic mass is 10.0. The van der Waals surface area contributed by atoms with Crippen LogP contribution in [0.5, 0.6) is 11.5 Å². The summed E-state index contributed by atoms with van der Waals surface area (Å²) in [5, 5.41) is 3.21. The molecule has 0 aliphatic rings. The number of nitrogens with zero attached hydrogens (tertiary/aromatic N) is 2. The summed E-state index contributed by atoms with van der Waals surface area (Å²) in [6.45, 7) is 1.32. The average Bonchev–Trinajstić information content (AvgIpc) is 3.57. The molecule has 0 saturated carbocycles. The van der Waals surface area contributed by atoms with Gasteiger partial charge in [0.1, 0.15) is 29.0 Å². The number of nitrogens with two attached hydrogens (primary N) is 2. The van der Waals surface area contributed by atoms with Crippen molar-refractivity contribution in [2.45, 2.75) is 13.0 Å². The quantitative estimate of drug-likeness (QED) is 0.193. The van der Waals surface area contributed by atoms with E-state index in [1.807, 2.05) is 12.1 Å². The number of amides is 3. The number of hydrogen-bond donors (Lipinski definition) is 4. The molecule has 0 fully saturated rings. The van der Waals surface area contributed by atoms with Crippen molar-refractivity contribution in [1.82, 2.24) is 14.7 Å². The van der Waals surface area contributed by atoms with Crippen LogP contribution in [0.1, 0.15) is 38.7 Å². The monoisotopic (exact) mass is 580 g/mol. The van der Waals surface area contributed by atoms with Gasteiger partial charge in [0.15, 0.2) is 5.69 Å². The van der Waals surface area contributed by atoms with Gasteiger partial charge < -0.3 is 36.0 Å². The number of hydrogen-bond acceptors (Lipinski definition) is 10. The lowest BCUT2D eigenvalue weighted by molar-refractivity contribution is -0.143. The Morgan fingerprint density at radius 3 is 2.54 bits per heavy atom. The van der Waals surface area contributed by atoms with Crippen molar-refractivity contribution in [2.75, 3.05) is 38.0 Å². The Morgan fingerprint density at radius 2 is 1.88 bits per heavy atom. The molecule has 214 valence electrons. The number of H-pyrrole nitrogens is 1. The number of methoxy groups -OCH3 is 2. The maximum absolute atomic E-state index is 14.4. The number of para-hydroxylation sites is 1. The van der Waals surface area contributed by atoms with E-state index >= 15 is 0 Å². The van der Waals surface area contributed by atoms with Crippen molar-refractivity contribution in [3.8, 4) is 11.5 Å². The van der Waals surface area contributed by atoms with Crippen LogP contribution in [0.15, 0.2) is 48.7 Å². The van der Waals surface area contributed by atoms with Crippen LogP contribution in [0.2, 0.25) is 0 Å². The molecule has 0 aliphatic carbocycles. The van der Waals surface area contributed by atoms with Gasteiger partial charge >= 0.3 is 5.97 Å². The smallest absolute Gasteiger partial charge is 0.325 e. The summed E-state index contributed by atoms with van der Waals surface area (Å²) >= 11 is 0.661. The van der Waals surface area contributed by atoms with Crippen LogP contribution < -0.4 is 31.2 Å². The van der Waals surface area contributed by atoms with Crippen molar-refractivity contribution in [1.29, 1.82) is 0 Å². The second-order valence-electron chi connectivity index (χ2n) is 8.57. The third-order valence-electron chi connectivity index (χ3n) is 6.15. The van der Waals surface area contributed by atoms with E-state index in [0.717, 1.165) is 4.90 Å². The topological polar surface area (TPSA) is 192 Å². The Morgan fingerprint density at radius 1 is 1.12 bits per heavy atom. The molecule has 0 aliphatic heterocycles. The Bertz CT molecular complexity index is 1610. The third kappa shape index (κ3) is 5.77. The third-order valence-corrected chi connectivity index (χ3v) is 7.01. The first kappa shape index (κ1) is 28.9. The second-order valence-corrected chi connectivity index (χ2v) is 9.34. The number of fused-ring (bicyclic) bond motifs is 1. The molecule has 2 aromatic carbocycles. The molecule has 2 aromatic heterocycles. The minimum absolute atomic E-state index is 0.124. The SMILES string of the molecule is CCOC(=O)CNC(=O)[C@H](c1c[nH]c2ccccc12)N(C(=O)c1snc(C(N)=O)c1N)c1cc(OC)ccc1OC. The van der Waals surface area contributed by atoms with Crippen molar-refractivity contribution in [2.24, 2.45) is 5.73 Å². The number of carbonyl (C=O) groups is 4. The lowest BCUT2D eigenvalue weighted by Crippen LogP contribution is -2.45. The standard InChI is InChI=1S/C27H28N6O7S/c1-4-40-20(34)13-31-26(36)23(16-12-30-17-8-6-5-7-15(16)17)33(18-11-14(38-2)9-10-19(18)39-3)27(37)24-21(28)22(25(29)35)32-41-24/h5-12,23,30H,4,13,28H2,1-3H3,(H2,29,35)(H,31,36)/t23-/m0/s1. The maximum Gasteiger partial charge on any atom is 0.325 e. The number of benzene rings is 2. The Labute approximate surface area is 238 Å². The van der Waals surface area contributed by atoms with Crippen LogP contribution in [-0.2, 0) is 14.3 Å². The molecular weight excluding hydrogens is 552 g/mol. The number of primary amides is 1. The molecule has 3 amide bonds. The van der Waals surface area contributed by atoms with Crippen LogP contribution in [0.25, 0.3) is 10.9 Å². The molecule has 0 bridgehead atoms. The average molecular weight is 581 g/mol. The summed E-state index contributed by atoms with van der Waals surface area (Å²) in [7, 11) is 2.85. The van der Waals surface area contributed by atoms with E-state index in [1.54, 1.807) is 37.4 Å². The fraction of sp³-hybridized carbons (Fsp3) is 0.222. The molecule has 13 nitrogen and oxygen atoms in total. The number of carbonyl (C=O) groups excluding carboxylic acids is 4. The zero-order chi connectivity index (χ0) is 29.7. The highest BCUT2D eigenvalue weighted by Gasteiger charge is 2.39. The first-order valence-electron chi connectivity index (χ1n) is 12.3. The summed E-state index contributed by atoms with van der Waals surface area (Å²) in [5.41, 5.74) is 12.3. The summed E-state index contributed by atoms with van der Waals surface area (Å²) in [6.07, 6.45) is 1.59. The van der Waals surface area contributed by atoms with E-state index in [1.165, 1.54) is 20.3 Å². The molecule has 4 rings (SSSR count). The van der Waals surface area contributed by atoms with E-state index in [4.69, 9.17) is 25.7 Å². The van der Waals surface area contributed by atoms with Gasteiger partial charge in [-0.1, -0.05) is 18.2 Å². The highest BCUT2D eigenvalue weighted by molar-refractivity contribution is 7.09. The fourth-order valence-corrected chi connectivity index (χ4v) is 5.02. The van der Waals surface area contributed by atoms with Gasteiger partial charge in [0, 0.05) is 28.7 Å². The lowest BCUT2D eigenvalue weighted by Gasteiger charge is -2.32. The zero-order valence-corrected chi connectivity index (χ0v) is 23.2. The maximum atomic E-state index is 14.4. The molecule has 14 heteroatoms. The van der Waals surface area contributed by atoms with Gasteiger partial charge in [-0.25, -0.2) is 0 Å². The van der Waals surface area contributed by atoms with Crippen molar-refractivity contribution >= 4 is 57.5 Å². The summed E-state index contributed by atoms with van der Waals surface area (Å²) < 4.78 is 19.9. The molecule has 1 atom stereocenters. The Balaban J connectivity index is 1.97. The van der Waals surface area contributed by atoms with Gasteiger partial charge in [0.25, 0.3) is 11.8 Å². The molecule has 0 radical (unpaired) electrons. The minimum Gasteiger partial charge on any atom is -0.497 e. The normalized spacial score (nSPS) is 11.5. The molecule has 0 unspecified atom stereocenters. The van der Waals surface area contributed by atoms with E-state index in [0.29, 0.717) is 33.7 Å². The number of aromatic amines is 1. The number of anilines is 2. The van der Waals surface area contributed by atoms with E-state index in [9.17, 15) is 19.2 Å². The summed E-state index contributed by atoms with van der Waals surface area (Å²) in [4.78, 5) is 56.5. The van der Waals surface area contributed by atoms with Gasteiger partial charge in [0.05, 0.1) is 32.2 Å². The van der Waals surface area contributed by atoms with Crippen LogP contribution in [0, 0.1) is 0 Å². The van der Waals surface area contributed by atoms with E-state index in [2.05, 4.69) is 14.7 Å². The van der Waals surface area contributed by atoms with Gasteiger partial charge in [0.2, 0.25) is 5.91 Å². The van der Waals surface area contributed by atoms with Crippen LogP contribution in [0.3, 0.4) is 0 Å². The van der Waals surface area contributed by atoms with Gasteiger partial charge in [-0.15, -0.1) is 0 Å². The van der Waals surface area contributed by atoms with Crippen LogP contribution in [-0.4, -0.2) is 60.4 Å². The molecule has 2 heterocycles. The first-order chi connectivity index (χ1) is 19.7. The van der Waals surface area contributed by atoms with Crippen molar-refractivity contribution in [3.05, 3.63) is 64.8 Å². The largest absolute Gasteiger partial charge is 0.497 e. The van der Waals surface area contributed by atoms with Crippen molar-refractivity contribution < 1.29 is 33.4 Å². The predicted octanol–water partition coefficient (Wildman–Crippen LogP) is 2.39. The fourth-order valence-electron chi connectivity index (χ4n) is 4.28. The highest BCUT2D eigenvalue weighted by Crippen LogP contribution is 2.41. The van der Waals surface area contributed by atoms with Gasteiger partial charge in [-0.2, -0.15) is 4.37 Å². The first-order valence-corrected chi connectivity index (χ1v) is 13.1. The molecular formula is C27H28N6O7S. The number of rotatable bonds is 11. The highest BCUT2D eigenvalue weighted by atomic mass is 32.1. The van der Waals surface area contributed by atoms with Crippen molar-refractivity contribution in [3.63, 3.8) is 0 Å². The molecule has 41 heavy (non-hydrogen) atoms. The predicted molar refractivity (Wildman–Crippen MR) is 152 cm³/mol. The van der Waals surface area contributed by atoms with Gasteiger partial charge in [-0.05, 0) is 36.7 Å². The molecule has 4 aromatic rings.